The normalized spacial score (nSPS) is 15.5. The van der Waals surface area contributed by atoms with E-state index in [1.165, 1.54) is 11.3 Å². The topological polar surface area (TPSA) is 47.0 Å². The van der Waals surface area contributed by atoms with Gasteiger partial charge in [0.15, 0.2) is 5.82 Å². The average Bonchev–Trinajstić information content (AvgIpc) is 2.85. The molecule has 4 nitrogen and oxygen atoms in total. The molecule has 0 saturated heterocycles. The summed E-state index contributed by atoms with van der Waals surface area (Å²) < 4.78 is 5.77. The standard InChI is InChI=1S/C13H21N3OS/c1-4-6-11(17-5-2)13-15-10-8-18-7-9(10)12(14-3)16-13/h11H,4-8H2,1-3H3,(H,14,15,16). The molecule has 0 fully saturated rings. The first-order valence-corrected chi connectivity index (χ1v) is 7.72. The summed E-state index contributed by atoms with van der Waals surface area (Å²) in [7, 11) is 1.92. The van der Waals surface area contributed by atoms with Gasteiger partial charge in [-0.15, -0.1) is 0 Å². The minimum Gasteiger partial charge on any atom is -0.373 e. The molecule has 2 rings (SSSR count). The van der Waals surface area contributed by atoms with Gasteiger partial charge in [-0.05, 0) is 13.3 Å². The van der Waals surface area contributed by atoms with Gasteiger partial charge in [-0.2, -0.15) is 11.8 Å². The van der Waals surface area contributed by atoms with E-state index in [1.807, 2.05) is 25.7 Å². The number of rotatable bonds is 6. The highest BCUT2D eigenvalue weighted by Gasteiger charge is 2.22. The lowest BCUT2D eigenvalue weighted by atomic mass is 10.1. The van der Waals surface area contributed by atoms with Crippen LogP contribution in [0, 0.1) is 0 Å². The quantitative estimate of drug-likeness (QED) is 0.858. The molecule has 0 amide bonds. The van der Waals surface area contributed by atoms with Crippen molar-refractivity contribution in [3.63, 3.8) is 0 Å². The molecule has 0 aliphatic carbocycles. The Kier molecular flexibility index (Phi) is 4.83. The summed E-state index contributed by atoms with van der Waals surface area (Å²) in [5, 5.41) is 3.19. The number of ether oxygens (including phenoxy) is 1. The SMILES string of the molecule is CCCC(OCC)c1nc2c(c(NC)n1)CSC2. The number of nitrogens with zero attached hydrogens (tertiary/aromatic N) is 2. The lowest BCUT2D eigenvalue weighted by molar-refractivity contribution is 0.0493. The van der Waals surface area contributed by atoms with Crippen molar-refractivity contribution in [2.75, 3.05) is 19.0 Å². The van der Waals surface area contributed by atoms with Crippen LogP contribution in [-0.4, -0.2) is 23.6 Å². The molecular weight excluding hydrogens is 246 g/mol. The summed E-state index contributed by atoms with van der Waals surface area (Å²) >= 11 is 1.90. The highest BCUT2D eigenvalue weighted by Crippen LogP contribution is 2.34. The highest BCUT2D eigenvalue weighted by molar-refractivity contribution is 7.98. The Hall–Kier alpha value is -0.810. The first-order chi connectivity index (χ1) is 8.80. The molecule has 1 aliphatic rings. The van der Waals surface area contributed by atoms with Crippen LogP contribution in [0.15, 0.2) is 0 Å². The summed E-state index contributed by atoms with van der Waals surface area (Å²) in [5.74, 6) is 3.81. The maximum absolute atomic E-state index is 5.77. The number of thioether (sulfide) groups is 1. The second-order valence-corrected chi connectivity index (χ2v) is 5.32. The monoisotopic (exact) mass is 267 g/mol. The summed E-state index contributed by atoms with van der Waals surface area (Å²) in [6, 6.07) is 0. The van der Waals surface area contributed by atoms with Crippen LogP contribution in [0.25, 0.3) is 0 Å². The Morgan fingerprint density at radius 1 is 1.33 bits per heavy atom. The second-order valence-electron chi connectivity index (χ2n) is 4.33. The van der Waals surface area contributed by atoms with Gasteiger partial charge in [-0.1, -0.05) is 13.3 Å². The highest BCUT2D eigenvalue weighted by atomic mass is 32.2. The molecule has 1 atom stereocenters. The van der Waals surface area contributed by atoms with Crippen molar-refractivity contribution in [2.45, 2.75) is 44.3 Å². The molecule has 5 heteroatoms. The molecule has 18 heavy (non-hydrogen) atoms. The van der Waals surface area contributed by atoms with Crippen LogP contribution in [0.1, 0.15) is 49.9 Å². The summed E-state index contributed by atoms with van der Waals surface area (Å²) in [5.41, 5.74) is 2.44. The third-order valence-corrected chi connectivity index (χ3v) is 4.01. The Balaban J connectivity index is 2.32. The predicted molar refractivity (Wildman–Crippen MR) is 75.9 cm³/mol. The smallest absolute Gasteiger partial charge is 0.159 e. The van der Waals surface area contributed by atoms with Crippen LogP contribution in [0.5, 0.6) is 0 Å². The first-order valence-electron chi connectivity index (χ1n) is 6.56. The van der Waals surface area contributed by atoms with E-state index in [2.05, 4.69) is 17.2 Å². The molecule has 1 aromatic rings. The van der Waals surface area contributed by atoms with Gasteiger partial charge in [0.05, 0.1) is 5.69 Å². The number of aromatic nitrogens is 2. The fraction of sp³-hybridized carbons (Fsp3) is 0.692. The third kappa shape index (κ3) is 2.78. The van der Waals surface area contributed by atoms with Gasteiger partial charge in [-0.25, -0.2) is 9.97 Å². The summed E-state index contributed by atoms with van der Waals surface area (Å²) in [4.78, 5) is 9.34. The molecule has 100 valence electrons. The summed E-state index contributed by atoms with van der Waals surface area (Å²) in [6.45, 7) is 4.88. The van der Waals surface area contributed by atoms with Crippen molar-refractivity contribution in [1.29, 1.82) is 0 Å². The van der Waals surface area contributed by atoms with Gasteiger partial charge in [0.2, 0.25) is 0 Å². The molecule has 1 aliphatic heterocycles. The van der Waals surface area contributed by atoms with Gasteiger partial charge < -0.3 is 10.1 Å². The van der Waals surface area contributed by atoms with Crippen LogP contribution in [0.3, 0.4) is 0 Å². The molecular formula is C13H21N3OS. The average molecular weight is 267 g/mol. The van der Waals surface area contributed by atoms with Crippen molar-refractivity contribution in [3.8, 4) is 0 Å². The molecule has 1 unspecified atom stereocenters. The van der Waals surface area contributed by atoms with E-state index < -0.39 is 0 Å². The van der Waals surface area contributed by atoms with Crippen LogP contribution in [0.4, 0.5) is 5.82 Å². The van der Waals surface area contributed by atoms with Crippen molar-refractivity contribution in [3.05, 3.63) is 17.1 Å². The zero-order chi connectivity index (χ0) is 13.0. The van der Waals surface area contributed by atoms with Gasteiger partial charge in [-0.3, -0.25) is 0 Å². The van der Waals surface area contributed by atoms with Crippen molar-refractivity contribution in [1.82, 2.24) is 9.97 Å². The van der Waals surface area contributed by atoms with Crippen LogP contribution in [-0.2, 0) is 16.2 Å². The van der Waals surface area contributed by atoms with Crippen LogP contribution >= 0.6 is 11.8 Å². The Bertz CT molecular complexity index is 405. The maximum Gasteiger partial charge on any atom is 0.159 e. The fourth-order valence-corrected chi connectivity index (χ4v) is 3.21. The van der Waals surface area contributed by atoms with E-state index in [-0.39, 0.29) is 6.10 Å². The van der Waals surface area contributed by atoms with E-state index in [0.29, 0.717) is 6.61 Å². The van der Waals surface area contributed by atoms with Crippen LogP contribution in [0.2, 0.25) is 0 Å². The van der Waals surface area contributed by atoms with Crippen molar-refractivity contribution in [2.24, 2.45) is 0 Å². The predicted octanol–water partition coefficient (Wildman–Crippen LogP) is 3.14. The number of hydrogen-bond acceptors (Lipinski definition) is 5. The molecule has 0 aromatic carbocycles. The van der Waals surface area contributed by atoms with E-state index >= 15 is 0 Å². The Morgan fingerprint density at radius 2 is 2.17 bits per heavy atom. The molecule has 0 bridgehead atoms. The molecule has 0 saturated carbocycles. The largest absolute Gasteiger partial charge is 0.373 e. The Morgan fingerprint density at radius 3 is 2.83 bits per heavy atom. The minimum atomic E-state index is 0.0306. The zero-order valence-electron chi connectivity index (χ0n) is 11.3. The van der Waals surface area contributed by atoms with Gasteiger partial charge in [0.25, 0.3) is 0 Å². The van der Waals surface area contributed by atoms with Gasteiger partial charge >= 0.3 is 0 Å². The maximum atomic E-state index is 5.77. The fourth-order valence-electron chi connectivity index (χ4n) is 2.17. The number of fused-ring (bicyclic) bond motifs is 1. The van der Waals surface area contributed by atoms with Crippen molar-refractivity contribution < 1.29 is 4.74 Å². The molecule has 1 N–H and O–H groups in total. The lowest BCUT2D eigenvalue weighted by Gasteiger charge is -2.17. The minimum absolute atomic E-state index is 0.0306. The van der Waals surface area contributed by atoms with E-state index in [9.17, 15) is 0 Å². The van der Waals surface area contributed by atoms with E-state index in [4.69, 9.17) is 9.72 Å². The number of anilines is 1. The first kappa shape index (κ1) is 13.6. The van der Waals surface area contributed by atoms with E-state index in [0.717, 1.165) is 36.0 Å². The molecule has 2 heterocycles. The van der Waals surface area contributed by atoms with Crippen molar-refractivity contribution >= 4 is 17.6 Å². The molecule has 0 radical (unpaired) electrons. The van der Waals surface area contributed by atoms with Gasteiger partial charge in [0.1, 0.15) is 11.9 Å². The van der Waals surface area contributed by atoms with Crippen LogP contribution < -0.4 is 5.32 Å². The van der Waals surface area contributed by atoms with E-state index in [1.54, 1.807) is 0 Å². The lowest BCUT2D eigenvalue weighted by Crippen LogP contribution is -2.12. The second kappa shape index (κ2) is 6.38. The Labute approximate surface area is 113 Å². The zero-order valence-corrected chi connectivity index (χ0v) is 12.1. The van der Waals surface area contributed by atoms with Gasteiger partial charge in [0, 0.05) is 30.7 Å². The molecule has 0 spiro atoms. The number of nitrogens with one attached hydrogen (secondary N) is 1. The number of hydrogen-bond donors (Lipinski definition) is 1. The molecule has 1 aromatic heterocycles. The summed E-state index contributed by atoms with van der Waals surface area (Å²) in [6.07, 6.45) is 2.08. The third-order valence-electron chi connectivity index (χ3n) is 3.04.